The predicted octanol–water partition coefficient (Wildman–Crippen LogP) is 2.28. The zero-order chi connectivity index (χ0) is 13.1. The van der Waals surface area contributed by atoms with Crippen LogP contribution >= 0.6 is 0 Å². The first-order valence-electron chi connectivity index (χ1n) is 6.37. The van der Waals surface area contributed by atoms with Gasteiger partial charge in [-0.15, -0.1) is 0 Å². The number of rotatable bonds is 4. The highest BCUT2D eigenvalue weighted by Crippen LogP contribution is 2.13. The molecule has 1 heterocycles. The maximum absolute atomic E-state index is 5.63. The average molecular weight is 243 g/mol. The number of benzene rings is 1. The van der Waals surface area contributed by atoms with E-state index in [0.29, 0.717) is 6.54 Å². The van der Waals surface area contributed by atoms with Gasteiger partial charge in [0.2, 0.25) is 0 Å². The first-order chi connectivity index (χ1) is 8.60. The summed E-state index contributed by atoms with van der Waals surface area (Å²) in [6, 6.07) is 6.63. The van der Waals surface area contributed by atoms with Gasteiger partial charge < -0.3 is 10.3 Å². The molecule has 96 valence electrons. The van der Waals surface area contributed by atoms with Crippen molar-refractivity contribution in [3.63, 3.8) is 0 Å². The molecule has 0 spiro atoms. The summed E-state index contributed by atoms with van der Waals surface area (Å²) in [5.41, 5.74) is 10.8. The van der Waals surface area contributed by atoms with E-state index in [1.807, 2.05) is 11.6 Å². The molecule has 0 aliphatic carbocycles. The van der Waals surface area contributed by atoms with Gasteiger partial charge in [-0.25, -0.2) is 4.98 Å². The molecular formula is C15H21N3. The van der Waals surface area contributed by atoms with E-state index in [-0.39, 0.29) is 0 Å². The van der Waals surface area contributed by atoms with Crippen LogP contribution in [-0.4, -0.2) is 9.55 Å². The van der Waals surface area contributed by atoms with Crippen molar-refractivity contribution in [2.75, 3.05) is 0 Å². The zero-order valence-electron chi connectivity index (χ0n) is 11.4. The largest absolute Gasteiger partial charge is 0.337 e. The molecule has 0 fully saturated rings. The van der Waals surface area contributed by atoms with Crippen LogP contribution in [0.4, 0.5) is 0 Å². The van der Waals surface area contributed by atoms with Crippen LogP contribution in [0, 0.1) is 13.8 Å². The molecule has 0 radical (unpaired) electrons. The van der Waals surface area contributed by atoms with Gasteiger partial charge in [-0.2, -0.15) is 0 Å². The fraction of sp³-hybridized carbons (Fsp3) is 0.400. The van der Waals surface area contributed by atoms with Gasteiger partial charge >= 0.3 is 0 Å². The van der Waals surface area contributed by atoms with Gasteiger partial charge in [0, 0.05) is 13.2 Å². The van der Waals surface area contributed by atoms with Crippen molar-refractivity contribution >= 4 is 0 Å². The van der Waals surface area contributed by atoms with E-state index in [4.69, 9.17) is 5.73 Å². The van der Waals surface area contributed by atoms with E-state index < -0.39 is 0 Å². The van der Waals surface area contributed by atoms with Gasteiger partial charge in [0.1, 0.15) is 5.82 Å². The van der Waals surface area contributed by atoms with E-state index in [1.54, 1.807) is 0 Å². The van der Waals surface area contributed by atoms with E-state index in [9.17, 15) is 0 Å². The van der Waals surface area contributed by atoms with Gasteiger partial charge in [0.15, 0.2) is 0 Å². The van der Waals surface area contributed by atoms with Crippen molar-refractivity contribution in [1.82, 2.24) is 9.55 Å². The number of aromatic nitrogens is 2. The lowest BCUT2D eigenvalue weighted by Gasteiger charge is -2.05. The standard InChI is InChI=1S/C15H21N3/c1-11-4-5-13(12(2)8-11)6-7-14-10-18(3)15(9-16)17-14/h4-5,8,10H,6-7,9,16H2,1-3H3. The lowest BCUT2D eigenvalue weighted by Crippen LogP contribution is -2.03. The molecular weight excluding hydrogens is 222 g/mol. The lowest BCUT2D eigenvalue weighted by atomic mass is 10.0. The highest BCUT2D eigenvalue weighted by Gasteiger charge is 2.05. The second-order valence-corrected chi connectivity index (χ2v) is 4.89. The first kappa shape index (κ1) is 12.8. The van der Waals surface area contributed by atoms with Crippen molar-refractivity contribution < 1.29 is 0 Å². The second kappa shape index (κ2) is 5.36. The normalized spacial score (nSPS) is 10.9. The Bertz CT molecular complexity index is 541. The summed E-state index contributed by atoms with van der Waals surface area (Å²) in [4.78, 5) is 4.53. The summed E-state index contributed by atoms with van der Waals surface area (Å²) < 4.78 is 2.01. The number of nitrogens with zero attached hydrogens (tertiary/aromatic N) is 2. The number of hydrogen-bond acceptors (Lipinski definition) is 2. The first-order valence-corrected chi connectivity index (χ1v) is 6.37. The average Bonchev–Trinajstić information content (AvgIpc) is 2.69. The third kappa shape index (κ3) is 2.79. The Balaban J connectivity index is 2.06. The van der Waals surface area contributed by atoms with Crippen molar-refractivity contribution in [3.8, 4) is 0 Å². The molecule has 0 aliphatic rings. The lowest BCUT2D eigenvalue weighted by molar-refractivity contribution is 0.793. The number of hydrogen-bond donors (Lipinski definition) is 1. The molecule has 0 amide bonds. The third-order valence-corrected chi connectivity index (χ3v) is 3.35. The maximum atomic E-state index is 5.63. The smallest absolute Gasteiger partial charge is 0.122 e. The van der Waals surface area contributed by atoms with Crippen LogP contribution in [0.2, 0.25) is 0 Å². The summed E-state index contributed by atoms with van der Waals surface area (Å²) in [7, 11) is 2.00. The minimum absolute atomic E-state index is 0.500. The van der Waals surface area contributed by atoms with Gasteiger partial charge in [-0.1, -0.05) is 23.8 Å². The number of nitrogens with two attached hydrogens (primary N) is 1. The molecule has 2 rings (SSSR count). The Kier molecular flexibility index (Phi) is 3.82. The Hall–Kier alpha value is -1.61. The SMILES string of the molecule is Cc1ccc(CCc2cn(C)c(CN)n2)c(C)c1. The summed E-state index contributed by atoms with van der Waals surface area (Å²) in [5.74, 6) is 0.950. The van der Waals surface area contributed by atoms with Gasteiger partial charge in [-0.3, -0.25) is 0 Å². The third-order valence-electron chi connectivity index (χ3n) is 3.35. The molecule has 3 heteroatoms. The molecule has 0 aliphatic heterocycles. The second-order valence-electron chi connectivity index (χ2n) is 4.89. The Morgan fingerprint density at radius 3 is 2.61 bits per heavy atom. The van der Waals surface area contributed by atoms with E-state index in [1.165, 1.54) is 16.7 Å². The summed E-state index contributed by atoms with van der Waals surface area (Å²) in [6.07, 6.45) is 4.08. The molecule has 2 aromatic rings. The quantitative estimate of drug-likeness (QED) is 0.895. The van der Waals surface area contributed by atoms with Crippen molar-refractivity contribution in [2.24, 2.45) is 12.8 Å². The summed E-state index contributed by atoms with van der Waals surface area (Å²) in [6.45, 7) is 4.80. The van der Waals surface area contributed by atoms with E-state index >= 15 is 0 Å². The fourth-order valence-corrected chi connectivity index (χ4v) is 2.27. The van der Waals surface area contributed by atoms with Gasteiger partial charge in [0.05, 0.1) is 12.2 Å². The van der Waals surface area contributed by atoms with Crippen LogP contribution in [0.25, 0.3) is 0 Å². The van der Waals surface area contributed by atoms with Gasteiger partial charge in [0.25, 0.3) is 0 Å². The van der Waals surface area contributed by atoms with Crippen molar-refractivity contribution in [2.45, 2.75) is 33.2 Å². The molecule has 0 atom stereocenters. The zero-order valence-corrected chi connectivity index (χ0v) is 11.4. The van der Waals surface area contributed by atoms with Crippen LogP contribution in [-0.2, 0) is 26.4 Å². The molecule has 3 nitrogen and oxygen atoms in total. The molecule has 1 aromatic carbocycles. The predicted molar refractivity (Wildman–Crippen MR) is 74.4 cm³/mol. The highest BCUT2D eigenvalue weighted by atomic mass is 15.1. The topological polar surface area (TPSA) is 43.8 Å². The molecule has 2 N–H and O–H groups in total. The summed E-state index contributed by atoms with van der Waals surface area (Å²) in [5, 5.41) is 0. The molecule has 1 aromatic heterocycles. The highest BCUT2D eigenvalue weighted by molar-refractivity contribution is 5.30. The molecule has 0 saturated heterocycles. The number of imidazole rings is 1. The Morgan fingerprint density at radius 2 is 2.00 bits per heavy atom. The molecule has 0 unspecified atom stereocenters. The Morgan fingerprint density at radius 1 is 1.22 bits per heavy atom. The maximum Gasteiger partial charge on any atom is 0.122 e. The molecule has 0 bridgehead atoms. The minimum atomic E-state index is 0.500. The van der Waals surface area contributed by atoms with E-state index in [2.05, 4.69) is 43.2 Å². The van der Waals surface area contributed by atoms with Crippen LogP contribution < -0.4 is 5.73 Å². The van der Waals surface area contributed by atoms with Crippen LogP contribution in [0.5, 0.6) is 0 Å². The van der Waals surface area contributed by atoms with Crippen molar-refractivity contribution in [3.05, 3.63) is 52.6 Å². The van der Waals surface area contributed by atoms with Gasteiger partial charge in [-0.05, 0) is 37.8 Å². The van der Waals surface area contributed by atoms with Crippen molar-refractivity contribution in [1.29, 1.82) is 0 Å². The number of aryl methyl sites for hydroxylation is 5. The molecule has 18 heavy (non-hydrogen) atoms. The summed E-state index contributed by atoms with van der Waals surface area (Å²) >= 11 is 0. The van der Waals surface area contributed by atoms with Crippen LogP contribution in [0.3, 0.4) is 0 Å². The fourth-order valence-electron chi connectivity index (χ4n) is 2.27. The molecule has 0 saturated carbocycles. The Labute approximate surface area is 109 Å². The van der Waals surface area contributed by atoms with Crippen LogP contribution in [0.15, 0.2) is 24.4 Å². The monoisotopic (exact) mass is 243 g/mol. The van der Waals surface area contributed by atoms with E-state index in [0.717, 1.165) is 24.4 Å². The minimum Gasteiger partial charge on any atom is -0.337 e. The van der Waals surface area contributed by atoms with Crippen LogP contribution in [0.1, 0.15) is 28.2 Å².